The largest absolute Gasteiger partial charge is 0.444 e. The lowest BCUT2D eigenvalue weighted by Gasteiger charge is -2.36. The van der Waals surface area contributed by atoms with Crippen LogP contribution in [0.2, 0.25) is 0 Å². The van der Waals surface area contributed by atoms with Gasteiger partial charge in [0.1, 0.15) is 28.5 Å². The van der Waals surface area contributed by atoms with E-state index in [-0.39, 0.29) is 18.6 Å². The third kappa shape index (κ3) is 7.83. The molecule has 7 rings (SSSR count). The lowest BCUT2D eigenvalue weighted by atomic mass is 9.97. The zero-order valence-corrected chi connectivity index (χ0v) is 32.3. The fraction of sp³-hybridized carbons (Fsp3) is 0.429. The molecule has 5 aromatic rings. The lowest BCUT2D eigenvalue weighted by molar-refractivity contribution is 0.0240. The van der Waals surface area contributed by atoms with E-state index in [2.05, 4.69) is 35.2 Å². The first-order valence-corrected chi connectivity index (χ1v) is 18.6. The first-order valence-electron chi connectivity index (χ1n) is 18.6. The third-order valence-corrected chi connectivity index (χ3v) is 9.74. The minimum atomic E-state index is -0.728. The molecule has 0 bridgehead atoms. The second-order valence-electron chi connectivity index (χ2n) is 16.4. The number of pyridine rings is 1. The molecule has 4 heterocycles. The van der Waals surface area contributed by atoms with Crippen LogP contribution in [-0.2, 0) is 16.0 Å². The number of aryl methyl sites for hydroxylation is 1. The monoisotopic (exact) mass is 738 g/mol. The molecule has 0 spiro atoms. The summed E-state index contributed by atoms with van der Waals surface area (Å²) in [6.45, 7) is 17.6. The van der Waals surface area contributed by atoms with Gasteiger partial charge in [0.15, 0.2) is 0 Å². The van der Waals surface area contributed by atoms with Crippen LogP contribution in [0.15, 0.2) is 54.7 Å². The van der Waals surface area contributed by atoms with Crippen LogP contribution >= 0.6 is 0 Å². The molecule has 10 nitrogen and oxygen atoms in total. The van der Waals surface area contributed by atoms with E-state index in [1.165, 1.54) is 16.7 Å². The Morgan fingerprint density at radius 2 is 1.43 bits per heavy atom. The molecule has 1 aliphatic carbocycles. The summed E-state index contributed by atoms with van der Waals surface area (Å²) in [4.78, 5) is 35.6. The van der Waals surface area contributed by atoms with Crippen molar-refractivity contribution in [3.05, 3.63) is 89.0 Å². The fourth-order valence-corrected chi connectivity index (χ4v) is 7.15. The average Bonchev–Trinajstić information content (AvgIpc) is 3.81. The van der Waals surface area contributed by atoms with Crippen LogP contribution in [0.3, 0.4) is 0 Å². The number of carbonyl (C=O) groups excluding carboxylic acids is 2. The quantitative estimate of drug-likeness (QED) is 0.172. The Morgan fingerprint density at radius 1 is 0.815 bits per heavy atom. The number of nitrogens with zero attached hydrogens (tertiary/aromatic N) is 6. The van der Waals surface area contributed by atoms with Crippen molar-refractivity contribution in [2.24, 2.45) is 0 Å². The Morgan fingerprint density at radius 3 is 2.02 bits per heavy atom. The van der Waals surface area contributed by atoms with Crippen molar-refractivity contribution in [1.82, 2.24) is 24.2 Å². The van der Waals surface area contributed by atoms with Gasteiger partial charge in [0, 0.05) is 77.8 Å². The smallest absolute Gasteiger partial charge is 0.420 e. The highest BCUT2D eigenvalue weighted by molar-refractivity contribution is 6.02. The summed E-state index contributed by atoms with van der Waals surface area (Å²) in [7, 11) is 0. The molecule has 12 heteroatoms. The van der Waals surface area contributed by atoms with Crippen molar-refractivity contribution < 1.29 is 27.8 Å². The molecule has 284 valence electrons. The number of amides is 1. The van der Waals surface area contributed by atoms with Gasteiger partial charge in [-0.1, -0.05) is 12.1 Å². The number of halogens is 2. The predicted octanol–water partition coefficient (Wildman–Crippen LogP) is 9.23. The number of aromatic nitrogens is 4. The van der Waals surface area contributed by atoms with E-state index < -0.39 is 28.9 Å². The number of carbonyl (C=O) groups is 2. The highest BCUT2D eigenvalue weighted by Gasteiger charge is 2.32. The fourth-order valence-electron chi connectivity index (χ4n) is 7.15. The molecule has 2 aromatic carbocycles. The van der Waals surface area contributed by atoms with Gasteiger partial charge in [-0.3, -0.25) is 4.68 Å². The predicted molar refractivity (Wildman–Crippen MR) is 205 cm³/mol. The molecule has 0 unspecified atom stereocenters. The molecule has 1 aliphatic heterocycles. The summed E-state index contributed by atoms with van der Waals surface area (Å²) in [5, 5.41) is 5.54. The highest BCUT2D eigenvalue weighted by atomic mass is 19.1. The third-order valence-electron chi connectivity index (χ3n) is 9.74. The molecular weight excluding hydrogens is 690 g/mol. The van der Waals surface area contributed by atoms with Crippen LogP contribution in [0.4, 0.5) is 24.1 Å². The Kier molecular flexibility index (Phi) is 9.52. The Labute approximate surface area is 314 Å². The maximum atomic E-state index is 14.1. The first-order chi connectivity index (χ1) is 25.4. The summed E-state index contributed by atoms with van der Waals surface area (Å²) < 4.78 is 42.8. The molecular formula is C42H48F2N6O4. The topological polar surface area (TPSA) is 94.7 Å². The van der Waals surface area contributed by atoms with E-state index in [0.29, 0.717) is 43.1 Å². The molecule has 0 N–H and O–H groups in total. The Balaban J connectivity index is 1.26. The van der Waals surface area contributed by atoms with Crippen LogP contribution in [0.25, 0.3) is 33.3 Å². The zero-order chi connectivity index (χ0) is 38.7. The van der Waals surface area contributed by atoms with Crippen molar-refractivity contribution in [2.45, 2.75) is 91.9 Å². The zero-order valence-electron chi connectivity index (χ0n) is 32.3. The molecule has 1 amide bonds. The van der Waals surface area contributed by atoms with Crippen molar-refractivity contribution in [3.8, 4) is 22.3 Å². The number of rotatable bonds is 6. The van der Waals surface area contributed by atoms with Crippen molar-refractivity contribution >= 4 is 28.9 Å². The van der Waals surface area contributed by atoms with Gasteiger partial charge in [0.05, 0.1) is 17.9 Å². The van der Waals surface area contributed by atoms with Gasteiger partial charge < -0.3 is 19.3 Å². The van der Waals surface area contributed by atoms with Crippen LogP contribution < -0.4 is 4.90 Å². The van der Waals surface area contributed by atoms with Gasteiger partial charge in [0.2, 0.25) is 0 Å². The van der Waals surface area contributed by atoms with Gasteiger partial charge in [-0.05, 0) is 110 Å². The van der Waals surface area contributed by atoms with Crippen LogP contribution in [0.1, 0.15) is 82.9 Å². The first kappa shape index (κ1) is 37.1. The van der Waals surface area contributed by atoms with Crippen molar-refractivity contribution in [2.75, 3.05) is 31.1 Å². The minimum absolute atomic E-state index is 0.170. The SMILES string of the molecule is Cc1nn(Cc2cc(F)cc(F)c2)c(C)c1-c1cn(C(=O)OC(C)(C)C)c2nc(C3CC3)c(-c3ccc(N4CCN(C(=O)OC(C)(C)C)CC4)cc3)cc12. The van der Waals surface area contributed by atoms with E-state index in [9.17, 15) is 18.4 Å². The number of anilines is 1. The number of ether oxygens (including phenoxy) is 2. The van der Waals surface area contributed by atoms with Gasteiger partial charge in [-0.2, -0.15) is 5.10 Å². The molecule has 1 saturated carbocycles. The maximum absolute atomic E-state index is 14.1. The molecule has 54 heavy (non-hydrogen) atoms. The molecule has 2 fully saturated rings. The molecule has 1 saturated heterocycles. The molecule has 0 atom stereocenters. The number of hydrogen-bond donors (Lipinski definition) is 0. The number of benzene rings is 2. The highest BCUT2D eigenvalue weighted by Crippen LogP contribution is 2.46. The molecule has 0 radical (unpaired) electrons. The van der Waals surface area contributed by atoms with E-state index in [1.54, 1.807) is 15.8 Å². The summed E-state index contributed by atoms with van der Waals surface area (Å²) in [6.07, 6.45) is 2.98. The summed E-state index contributed by atoms with van der Waals surface area (Å²) in [6, 6.07) is 14.0. The summed E-state index contributed by atoms with van der Waals surface area (Å²) >= 11 is 0. The summed E-state index contributed by atoms with van der Waals surface area (Å²) in [5.74, 6) is -1.02. The lowest BCUT2D eigenvalue weighted by Crippen LogP contribution is -2.50. The second kappa shape index (κ2) is 13.9. The van der Waals surface area contributed by atoms with Crippen LogP contribution in [0.5, 0.6) is 0 Å². The molecule has 2 aliphatic rings. The minimum Gasteiger partial charge on any atom is -0.444 e. The van der Waals surface area contributed by atoms with E-state index in [1.807, 2.05) is 55.4 Å². The standard InChI is InChI=1S/C42H48F2N6O4/c1-25-36(26(2)50(46-25)23-27-19-30(43)21-31(44)20-27)35-24-49(40(52)54-42(6,7)8)38-34(35)22-33(37(45-38)29-9-10-29)28-11-13-32(14-12-28)47-15-17-48(18-16-47)39(51)53-41(3,4)5/h11-14,19-22,24,29H,9-10,15-18,23H2,1-8H3. The second-order valence-corrected chi connectivity index (χ2v) is 16.4. The molecule has 3 aromatic heterocycles. The maximum Gasteiger partial charge on any atom is 0.420 e. The Hall–Kier alpha value is -5.26. The van der Waals surface area contributed by atoms with Gasteiger partial charge >= 0.3 is 12.2 Å². The number of piperazine rings is 1. The van der Waals surface area contributed by atoms with Gasteiger partial charge in [-0.25, -0.2) is 27.9 Å². The van der Waals surface area contributed by atoms with Crippen molar-refractivity contribution in [3.63, 3.8) is 0 Å². The van der Waals surface area contributed by atoms with Crippen molar-refractivity contribution in [1.29, 1.82) is 0 Å². The van der Waals surface area contributed by atoms with E-state index >= 15 is 0 Å². The van der Waals surface area contributed by atoms with E-state index in [0.717, 1.165) is 63.6 Å². The normalized spacial score (nSPS) is 15.2. The van der Waals surface area contributed by atoms with E-state index in [4.69, 9.17) is 19.6 Å². The van der Waals surface area contributed by atoms with Crippen LogP contribution in [-0.4, -0.2) is 73.8 Å². The number of hydrogen-bond acceptors (Lipinski definition) is 7. The Bertz CT molecular complexity index is 2210. The average molecular weight is 739 g/mol. The number of fused-ring (bicyclic) bond motifs is 1. The summed E-state index contributed by atoms with van der Waals surface area (Å²) in [5.41, 5.74) is 6.76. The van der Waals surface area contributed by atoms with Crippen LogP contribution in [0, 0.1) is 25.5 Å². The van der Waals surface area contributed by atoms with Gasteiger partial charge in [0.25, 0.3) is 0 Å². The van der Waals surface area contributed by atoms with Gasteiger partial charge in [-0.15, -0.1) is 0 Å².